The van der Waals surface area contributed by atoms with Gasteiger partial charge in [0.25, 0.3) is 7.82 Å². The third-order valence-electron chi connectivity index (χ3n) is 7.91. The molecule has 0 aromatic carbocycles. The van der Waals surface area contributed by atoms with E-state index in [1.54, 1.807) is 6.08 Å². The first-order chi connectivity index (χ1) is 21.5. The van der Waals surface area contributed by atoms with Crippen molar-refractivity contribution >= 4 is 13.7 Å². The Labute approximate surface area is 277 Å². The van der Waals surface area contributed by atoms with Gasteiger partial charge in [-0.3, -0.25) is 9.36 Å². The maximum absolute atomic E-state index is 12.7. The summed E-state index contributed by atoms with van der Waals surface area (Å²) in [5, 5.41) is 13.6. The summed E-state index contributed by atoms with van der Waals surface area (Å²) in [6.07, 6.45) is 30.8. The molecule has 9 heteroatoms. The van der Waals surface area contributed by atoms with E-state index >= 15 is 0 Å². The number of hydrogen-bond donors (Lipinski definition) is 2. The van der Waals surface area contributed by atoms with Crippen LogP contribution in [-0.4, -0.2) is 68.5 Å². The molecule has 0 aliphatic carbocycles. The van der Waals surface area contributed by atoms with Crippen molar-refractivity contribution < 1.29 is 32.9 Å². The molecular formula is C36H71N2O6P. The molecule has 1 amide bonds. The fourth-order valence-corrected chi connectivity index (χ4v) is 5.65. The van der Waals surface area contributed by atoms with Crippen LogP contribution in [0, 0.1) is 0 Å². The van der Waals surface area contributed by atoms with Gasteiger partial charge in [-0.1, -0.05) is 134 Å². The zero-order valence-electron chi connectivity index (χ0n) is 29.8. The highest BCUT2D eigenvalue weighted by molar-refractivity contribution is 7.45. The van der Waals surface area contributed by atoms with Crippen LogP contribution in [0.1, 0.15) is 149 Å². The van der Waals surface area contributed by atoms with Crippen LogP contribution in [-0.2, 0) is 18.4 Å². The summed E-state index contributed by atoms with van der Waals surface area (Å²) in [5.41, 5.74) is 0. The average molecular weight is 659 g/mol. The van der Waals surface area contributed by atoms with E-state index in [-0.39, 0.29) is 12.5 Å². The van der Waals surface area contributed by atoms with Crippen molar-refractivity contribution in [1.82, 2.24) is 5.32 Å². The number of likely N-dealkylation sites (N-methyl/N-ethyl adjacent to an activating group) is 1. The number of amides is 1. The second-order valence-electron chi connectivity index (χ2n) is 13.6. The van der Waals surface area contributed by atoms with E-state index < -0.39 is 26.6 Å². The van der Waals surface area contributed by atoms with Gasteiger partial charge in [0.15, 0.2) is 0 Å². The Kier molecular flexibility index (Phi) is 28.5. The zero-order chi connectivity index (χ0) is 33.7. The van der Waals surface area contributed by atoms with Crippen molar-refractivity contribution in [3.05, 3.63) is 24.3 Å². The molecule has 3 unspecified atom stereocenters. The van der Waals surface area contributed by atoms with E-state index in [2.05, 4.69) is 31.3 Å². The fourth-order valence-electron chi connectivity index (χ4n) is 4.93. The van der Waals surface area contributed by atoms with Crippen LogP contribution >= 0.6 is 7.82 Å². The molecule has 0 aromatic rings. The van der Waals surface area contributed by atoms with Gasteiger partial charge in [-0.15, -0.1) is 0 Å². The number of carbonyl (C=O) groups excluding carboxylic acids is 1. The number of quaternary nitrogens is 1. The minimum atomic E-state index is -4.58. The van der Waals surface area contributed by atoms with Crippen molar-refractivity contribution in [2.24, 2.45) is 0 Å². The topological polar surface area (TPSA) is 108 Å². The van der Waals surface area contributed by atoms with Gasteiger partial charge in [-0.25, -0.2) is 0 Å². The van der Waals surface area contributed by atoms with Crippen molar-refractivity contribution in [1.29, 1.82) is 0 Å². The number of phosphoric ester groups is 1. The molecule has 3 atom stereocenters. The quantitative estimate of drug-likeness (QED) is 0.0325. The van der Waals surface area contributed by atoms with Gasteiger partial charge in [0.2, 0.25) is 5.91 Å². The first kappa shape index (κ1) is 44.0. The molecule has 0 heterocycles. The van der Waals surface area contributed by atoms with Crippen molar-refractivity contribution in [2.45, 2.75) is 161 Å². The van der Waals surface area contributed by atoms with E-state index in [9.17, 15) is 19.4 Å². The Morgan fingerprint density at radius 1 is 0.756 bits per heavy atom. The van der Waals surface area contributed by atoms with Gasteiger partial charge in [0.05, 0.1) is 39.9 Å². The first-order valence-corrected chi connectivity index (χ1v) is 19.7. The van der Waals surface area contributed by atoms with Gasteiger partial charge >= 0.3 is 0 Å². The molecule has 0 aromatic heterocycles. The van der Waals surface area contributed by atoms with E-state index in [0.29, 0.717) is 17.4 Å². The number of phosphoric acid groups is 1. The number of aliphatic hydroxyl groups excluding tert-OH is 1. The molecule has 0 rings (SSSR count). The number of carbonyl (C=O) groups is 1. The molecule has 2 N–H and O–H groups in total. The minimum absolute atomic E-state index is 0.00503. The Morgan fingerprint density at radius 2 is 1.24 bits per heavy atom. The lowest BCUT2D eigenvalue weighted by atomic mass is 10.1. The van der Waals surface area contributed by atoms with Crippen LogP contribution in [0.3, 0.4) is 0 Å². The maximum atomic E-state index is 12.7. The number of hydrogen-bond acceptors (Lipinski definition) is 6. The maximum Gasteiger partial charge on any atom is 0.268 e. The Hall–Kier alpha value is -1.02. The summed E-state index contributed by atoms with van der Waals surface area (Å²) >= 11 is 0. The lowest BCUT2D eigenvalue weighted by Gasteiger charge is -2.29. The molecule has 0 aliphatic heterocycles. The Bertz CT molecular complexity index is 799. The largest absolute Gasteiger partial charge is 0.756 e. The number of aliphatic hydroxyl groups is 1. The highest BCUT2D eigenvalue weighted by atomic mass is 31.2. The third-order valence-corrected chi connectivity index (χ3v) is 8.88. The predicted octanol–water partition coefficient (Wildman–Crippen LogP) is 8.38. The van der Waals surface area contributed by atoms with Crippen molar-refractivity contribution in [3.8, 4) is 0 Å². The van der Waals surface area contributed by atoms with Crippen LogP contribution in [0.25, 0.3) is 0 Å². The van der Waals surface area contributed by atoms with Gasteiger partial charge in [-0.05, 0) is 32.1 Å². The summed E-state index contributed by atoms with van der Waals surface area (Å²) in [5.74, 6) is -0.213. The van der Waals surface area contributed by atoms with Gasteiger partial charge in [0.1, 0.15) is 13.2 Å². The number of unbranched alkanes of at least 4 members (excludes halogenated alkanes) is 17. The molecule has 0 bridgehead atoms. The molecule has 0 radical (unpaired) electrons. The summed E-state index contributed by atoms with van der Waals surface area (Å²) in [6, 6.07) is -0.894. The van der Waals surface area contributed by atoms with E-state index in [4.69, 9.17) is 9.05 Å². The Morgan fingerprint density at radius 3 is 1.80 bits per heavy atom. The average Bonchev–Trinajstić information content (AvgIpc) is 2.97. The van der Waals surface area contributed by atoms with E-state index in [0.717, 1.165) is 38.5 Å². The van der Waals surface area contributed by atoms with Crippen LogP contribution in [0.5, 0.6) is 0 Å². The molecule has 0 saturated heterocycles. The number of nitrogens with zero attached hydrogens (tertiary/aromatic N) is 1. The molecule has 8 nitrogen and oxygen atoms in total. The predicted molar refractivity (Wildman–Crippen MR) is 187 cm³/mol. The number of nitrogens with one attached hydrogen (secondary N) is 1. The zero-order valence-corrected chi connectivity index (χ0v) is 30.7. The summed E-state index contributed by atoms with van der Waals surface area (Å²) in [7, 11) is 1.24. The smallest absolute Gasteiger partial charge is 0.268 e. The molecule has 45 heavy (non-hydrogen) atoms. The van der Waals surface area contributed by atoms with E-state index in [1.165, 1.54) is 89.9 Å². The molecule has 0 spiro atoms. The van der Waals surface area contributed by atoms with Crippen LogP contribution in [0.15, 0.2) is 24.3 Å². The van der Waals surface area contributed by atoms with Gasteiger partial charge < -0.3 is 28.8 Å². The second kappa shape index (κ2) is 29.1. The molecule has 0 fully saturated rings. The molecule has 0 aliphatic rings. The lowest BCUT2D eigenvalue weighted by molar-refractivity contribution is -0.870. The van der Waals surface area contributed by atoms with Crippen LogP contribution in [0.2, 0.25) is 0 Å². The highest BCUT2D eigenvalue weighted by Crippen LogP contribution is 2.38. The third kappa shape index (κ3) is 31.4. The fraction of sp³-hybridized carbons (Fsp3) is 0.861. The number of rotatable bonds is 32. The monoisotopic (exact) mass is 659 g/mol. The van der Waals surface area contributed by atoms with Gasteiger partial charge in [0, 0.05) is 6.42 Å². The van der Waals surface area contributed by atoms with Crippen molar-refractivity contribution in [3.63, 3.8) is 0 Å². The number of allylic oxidation sites excluding steroid dienone is 3. The summed E-state index contributed by atoms with van der Waals surface area (Å²) in [6.45, 7) is 4.56. The minimum Gasteiger partial charge on any atom is -0.756 e. The van der Waals surface area contributed by atoms with Crippen molar-refractivity contribution in [2.75, 3.05) is 40.9 Å². The SMILES string of the molecule is CCCCCCCCCC/C=C/CC/C=C/C(O)C(COP(=O)([O-])OCC[N+](C)(C)C)NC(=O)CCCCCCCCCCC. The Balaban J connectivity index is 4.63. The molecule has 0 saturated carbocycles. The lowest BCUT2D eigenvalue weighted by Crippen LogP contribution is -2.45. The van der Waals surface area contributed by atoms with Crippen LogP contribution in [0.4, 0.5) is 0 Å². The highest BCUT2D eigenvalue weighted by Gasteiger charge is 2.23. The molecule has 266 valence electrons. The first-order valence-electron chi connectivity index (χ1n) is 18.2. The second-order valence-corrected chi connectivity index (χ2v) is 15.0. The standard InChI is InChI=1S/C36H71N2O6P/c1-6-8-10-12-14-16-17-18-19-20-22-23-25-27-29-35(39)34(33-44-45(41,42)43-32-31-38(3,4)5)37-36(40)30-28-26-24-21-15-13-11-9-7-2/h20,22,27,29,34-35,39H,6-19,21,23-26,28,30-33H2,1-5H3,(H-,37,40,41,42)/b22-20+,29-27+. The molecular weight excluding hydrogens is 587 g/mol. The van der Waals surface area contributed by atoms with Gasteiger partial charge in [-0.2, -0.15) is 0 Å². The normalized spacial score (nSPS) is 15.1. The van der Waals surface area contributed by atoms with Crippen LogP contribution < -0.4 is 10.2 Å². The summed E-state index contributed by atoms with van der Waals surface area (Å²) < 4.78 is 23.0. The summed E-state index contributed by atoms with van der Waals surface area (Å²) in [4.78, 5) is 25.0. The van der Waals surface area contributed by atoms with E-state index in [1.807, 2.05) is 27.2 Å².